The summed E-state index contributed by atoms with van der Waals surface area (Å²) in [4.78, 5) is 2.29. The molecule has 1 nitrogen and oxygen atoms in total. The van der Waals surface area contributed by atoms with Crippen molar-refractivity contribution in [1.82, 2.24) is 0 Å². The third kappa shape index (κ3) is 3.68. The fourth-order valence-corrected chi connectivity index (χ4v) is 6.73. The third-order valence-corrected chi connectivity index (χ3v) is 9.00. The van der Waals surface area contributed by atoms with Crippen molar-refractivity contribution in [2.45, 2.75) is 32.6 Å². The zero-order valence-electron chi connectivity index (χ0n) is 21.3. The van der Waals surface area contributed by atoms with Crippen LogP contribution in [0.2, 0.25) is 10.0 Å². The second-order valence-corrected chi connectivity index (χ2v) is 11.1. The fourth-order valence-electron chi connectivity index (χ4n) is 6.35. The van der Waals surface area contributed by atoms with Crippen molar-refractivity contribution >= 4 is 72.6 Å². The van der Waals surface area contributed by atoms with E-state index in [1.165, 1.54) is 61.8 Å². The Hall–Kier alpha value is -3.52. The van der Waals surface area contributed by atoms with Gasteiger partial charge >= 0.3 is 0 Å². The Morgan fingerprint density at radius 3 is 1.92 bits per heavy atom. The van der Waals surface area contributed by atoms with E-state index in [2.05, 4.69) is 96.8 Å². The number of hydrogen-bond donors (Lipinski definition) is 0. The Balaban J connectivity index is 1.54. The molecule has 0 saturated heterocycles. The standard InChI is InChI=1S/C35H27Cl2N/c1-22-25-10-3-2-9-23(25)17-20-33(22)38(34-16-8-15-32(36)35(34)37)24-18-19-30-28-13-5-4-11-26(28)27-12-6-7-14-29(27)31(30)21-24/h4-8,11-21H,2-3,9-10H2,1H3. The summed E-state index contributed by atoms with van der Waals surface area (Å²) in [6.07, 6.45) is 4.79. The Labute approximate surface area is 233 Å². The van der Waals surface area contributed by atoms with Crippen molar-refractivity contribution in [1.29, 1.82) is 0 Å². The van der Waals surface area contributed by atoms with Crippen molar-refractivity contribution in [3.8, 4) is 0 Å². The van der Waals surface area contributed by atoms with Crippen LogP contribution in [-0.4, -0.2) is 0 Å². The van der Waals surface area contributed by atoms with Gasteiger partial charge in [-0.15, -0.1) is 0 Å². The molecule has 0 bridgehead atoms. The van der Waals surface area contributed by atoms with Crippen LogP contribution in [0, 0.1) is 6.92 Å². The maximum Gasteiger partial charge on any atom is 0.0832 e. The summed E-state index contributed by atoms with van der Waals surface area (Å²) in [6.45, 7) is 2.26. The lowest BCUT2D eigenvalue weighted by Gasteiger charge is -2.31. The van der Waals surface area contributed by atoms with Crippen LogP contribution in [0.25, 0.3) is 32.3 Å². The highest BCUT2D eigenvalue weighted by atomic mass is 35.5. The monoisotopic (exact) mass is 531 g/mol. The molecule has 0 radical (unpaired) electrons. The molecule has 0 unspecified atom stereocenters. The zero-order chi connectivity index (χ0) is 25.8. The highest BCUT2D eigenvalue weighted by molar-refractivity contribution is 6.44. The minimum absolute atomic E-state index is 0.557. The van der Waals surface area contributed by atoms with Gasteiger partial charge in [-0.25, -0.2) is 0 Å². The highest BCUT2D eigenvalue weighted by Crippen LogP contribution is 2.46. The van der Waals surface area contributed by atoms with E-state index in [4.69, 9.17) is 23.2 Å². The molecule has 0 aromatic heterocycles. The van der Waals surface area contributed by atoms with Gasteiger partial charge < -0.3 is 4.90 Å². The topological polar surface area (TPSA) is 3.24 Å². The summed E-state index contributed by atoms with van der Waals surface area (Å²) in [7, 11) is 0. The number of anilines is 3. The van der Waals surface area contributed by atoms with Gasteiger partial charge in [0.05, 0.1) is 15.7 Å². The first kappa shape index (κ1) is 23.6. The molecular formula is C35H27Cl2N. The summed E-state index contributed by atoms with van der Waals surface area (Å²) in [5, 5.41) is 8.68. The fraction of sp³-hybridized carbons (Fsp3) is 0.143. The van der Waals surface area contributed by atoms with Crippen LogP contribution in [0.3, 0.4) is 0 Å². The maximum atomic E-state index is 6.90. The van der Waals surface area contributed by atoms with E-state index in [0.29, 0.717) is 10.0 Å². The number of rotatable bonds is 3. The molecule has 0 amide bonds. The van der Waals surface area contributed by atoms with E-state index in [0.717, 1.165) is 29.9 Å². The van der Waals surface area contributed by atoms with Crippen molar-refractivity contribution in [2.24, 2.45) is 0 Å². The number of halogens is 2. The van der Waals surface area contributed by atoms with Crippen LogP contribution in [0.4, 0.5) is 17.1 Å². The van der Waals surface area contributed by atoms with Crippen molar-refractivity contribution in [3.63, 3.8) is 0 Å². The quantitative estimate of drug-likeness (QED) is 0.205. The normalized spacial score (nSPS) is 13.2. The van der Waals surface area contributed by atoms with Crippen molar-refractivity contribution in [2.75, 3.05) is 4.90 Å². The molecule has 0 saturated carbocycles. The molecule has 0 spiro atoms. The molecule has 7 rings (SSSR count). The highest BCUT2D eigenvalue weighted by Gasteiger charge is 2.23. The Morgan fingerprint density at radius 2 is 1.21 bits per heavy atom. The van der Waals surface area contributed by atoms with Gasteiger partial charge in [0.25, 0.3) is 0 Å². The van der Waals surface area contributed by atoms with E-state index in [9.17, 15) is 0 Å². The van der Waals surface area contributed by atoms with Crippen LogP contribution in [0.15, 0.2) is 97.1 Å². The van der Waals surface area contributed by atoms with Gasteiger partial charge in [-0.1, -0.05) is 89.9 Å². The number of hydrogen-bond acceptors (Lipinski definition) is 1. The molecule has 0 atom stereocenters. The molecule has 1 aliphatic carbocycles. The largest absolute Gasteiger partial charge is 0.309 e. The molecule has 0 heterocycles. The van der Waals surface area contributed by atoms with Gasteiger partial charge in [0.1, 0.15) is 0 Å². The maximum absolute atomic E-state index is 6.90. The predicted octanol–water partition coefficient (Wildman–Crippen LogP) is 11.1. The SMILES string of the molecule is Cc1c(N(c2ccc3c4ccccc4c4ccccc4c3c2)c2cccc(Cl)c2Cl)ccc2c1CCCC2. The van der Waals surface area contributed by atoms with E-state index >= 15 is 0 Å². The summed E-state index contributed by atoms with van der Waals surface area (Å²) in [6, 6.07) is 34.7. The smallest absolute Gasteiger partial charge is 0.0832 e. The van der Waals surface area contributed by atoms with Crippen molar-refractivity contribution in [3.05, 3.63) is 124 Å². The number of benzene rings is 6. The summed E-state index contributed by atoms with van der Waals surface area (Å²) in [5.74, 6) is 0. The van der Waals surface area contributed by atoms with Crippen LogP contribution in [0.1, 0.15) is 29.5 Å². The molecule has 0 fully saturated rings. The number of nitrogens with zero attached hydrogens (tertiary/aromatic N) is 1. The summed E-state index contributed by atoms with van der Waals surface area (Å²) < 4.78 is 0. The zero-order valence-corrected chi connectivity index (χ0v) is 22.8. The molecule has 38 heavy (non-hydrogen) atoms. The van der Waals surface area contributed by atoms with Crippen LogP contribution < -0.4 is 4.90 Å². The molecule has 0 N–H and O–H groups in total. The van der Waals surface area contributed by atoms with Gasteiger partial charge in [0, 0.05) is 11.4 Å². The second kappa shape index (κ2) is 9.34. The van der Waals surface area contributed by atoms with E-state index < -0.39 is 0 Å². The lowest BCUT2D eigenvalue weighted by molar-refractivity contribution is 0.682. The van der Waals surface area contributed by atoms with Gasteiger partial charge in [-0.3, -0.25) is 0 Å². The van der Waals surface area contributed by atoms with Crippen LogP contribution in [-0.2, 0) is 12.8 Å². The molecule has 6 aromatic carbocycles. The van der Waals surface area contributed by atoms with E-state index in [1.807, 2.05) is 12.1 Å². The second-order valence-electron chi connectivity index (χ2n) is 10.3. The summed E-state index contributed by atoms with van der Waals surface area (Å²) >= 11 is 13.5. The number of fused-ring (bicyclic) bond motifs is 7. The van der Waals surface area contributed by atoms with E-state index in [1.54, 1.807) is 0 Å². The molecule has 1 aliphatic rings. The Bertz CT molecular complexity index is 1840. The number of aryl methyl sites for hydroxylation is 1. The van der Waals surface area contributed by atoms with Crippen LogP contribution >= 0.6 is 23.2 Å². The Kier molecular flexibility index (Phi) is 5.80. The van der Waals surface area contributed by atoms with Gasteiger partial charge in [0.2, 0.25) is 0 Å². The molecule has 6 aromatic rings. The molecular weight excluding hydrogens is 505 g/mol. The minimum Gasteiger partial charge on any atom is -0.309 e. The molecule has 3 heteroatoms. The average molecular weight is 533 g/mol. The summed E-state index contributed by atoms with van der Waals surface area (Å²) in [5.41, 5.74) is 7.39. The Morgan fingerprint density at radius 1 is 0.579 bits per heavy atom. The van der Waals surface area contributed by atoms with Gasteiger partial charge in [0.15, 0.2) is 0 Å². The lowest BCUT2D eigenvalue weighted by Crippen LogP contribution is -2.15. The van der Waals surface area contributed by atoms with Crippen molar-refractivity contribution < 1.29 is 0 Å². The first-order valence-electron chi connectivity index (χ1n) is 13.3. The van der Waals surface area contributed by atoms with Gasteiger partial charge in [-0.05, 0) is 112 Å². The van der Waals surface area contributed by atoms with E-state index in [-0.39, 0.29) is 0 Å². The predicted molar refractivity (Wildman–Crippen MR) is 165 cm³/mol. The lowest BCUT2D eigenvalue weighted by atomic mass is 9.87. The minimum atomic E-state index is 0.557. The van der Waals surface area contributed by atoms with Crippen LogP contribution in [0.5, 0.6) is 0 Å². The molecule has 0 aliphatic heterocycles. The molecule has 186 valence electrons. The first-order chi connectivity index (χ1) is 18.6. The average Bonchev–Trinajstić information content (AvgIpc) is 2.97. The first-order valence-corrected chi connectivity index (χ1v) is 14.1. The van der Waals surface area contributed by atoms with Gasteiger partial charge in [-0.2, -0.15) is 0 Å². The third-order valence-electron chi connectivity index (χ3n) is 8.19.